The molecule has 1 aliphatic carbocycles. The van der Waals surface area contributed by atoms with E-state index in [9.17, 15) is 5.11 Å². The Hall–Kier alpha value is -1.92. The Bertz CT molecular complexity index is 844. The molecule has 5 nitrogen and oxygen atoms in total. The number of pyridine rings is 1. The van der Waals surface area contributed by atoms with Crippen molar-refractivity contribution >= 4 is 17.3 Å². The highest BCUT2D eigenvalue weighted by Crippen LogP contribution is 2.42. The molecule has 1 aliphatic heterocycles. The molecular weight excluding hydrogens is 380 g/mol. The van der Waals surface area contributed by atoms with Crippen LogP contribution in [0, 0.1) is 13.8 Å². The molecule has 0 bridgehead atoms. The van der Waals surface area contributed by atoms with Gasteiger partial charge in [0.2, 0.25) is 0 Å². The second-order valence-electron chi connectivity index (χ2n) is 8.39. The predicted molar refractivity (Wildman–Crippen MR) is 120 cm³/mol. The monoisotopic (exact) mass is 412 g/mol. The Kier molecular flexibility index (Phi) is 6.20. The quantitative estimate of drug-likeness (QED) is 0.691. The zero-order valence-electron chi connectivity index (χ0n) is 17.5. The highest BCUT2D eigenvalue weighted by Gasteiger charge is 2.41. The van der Waals surface area contributed by atoms with E-state index in [1.165, 1.54) is 49.1 Å². The van der Waals surface area contributed by atoms with Gasteiger partial charge in [0.1, 0.15) is 0 Å². The van der Waals surface area contributed by atoms with Gasteiger partial charge in [-0.25, -0.2) is 0 Å². The van der Waals surface area contributed by atoms with Crippen molar-refractivity contribution in [1.82, 2.24) is 19.8 Å². The second-order valence-corrected chi connectivity index (χ2v) is 8.77. The lowest BCUT2D eigenvalue weighted by molar-refractivity contribution is 0.247. The van der Waals surface area contributed by atoms with Gasteiger partial charge in [0.15, 0.2) is 5.11 Å². The molecule has 0 unspecified atom stereocenters. The number of nitrogens with zero attached hydrogens (tertiary/aromatic N) is 3. The lowest BCUT2D eigenvalue weighted by Crippen LogP contribution is -2.31. The molecule has 29 heavy (non-hydrogen) atoms. The fraction of sp³-hybridized carbons (Fsp3) is 0.565. The summed E-state index contributed by atoms with van der Waals surface area (Å²) in [6.45, 7) is 5.41. The van der Waals surface area contributed by atoms with Crippen LogP contribution in [0.3, 0.4) is 0 Å². The van der Waals surface area contributed by atoms with E-state index in [-0.39, 0.29) is 18.7 Å². The Morgan fingerprint density at radius 3 is 2.69 bits per heavy atom. The molecule has 6 heteroatoms. The van der Waals surface area contributed by atoms with Crippen LogP contribution in [0.25, 0.3) is 0 Å². The number of aryl methyl sites for hydroxylation is 1. The molecule has 0 radical (unpaired) electrons. The van der Waals surface area contributed by atoms with Crippen LogP contribution in [-0.4, -0.2) is 37.8 Å². The number of aromatic nitrogens is 2. The van der Waals surface area contributed by atoms with Gasteiger partial charge in [0.25, 0.3) is 0 Å². The molecular formula is C23H32N4OS. The fourth-order valence-electron chi connectivity index (χ4n) is 5.23. The molecule has 0 spiro atoms. The summed E-state index contributed by atoms with van der Waals surface area (Å²) in [6.07, 6.45) is 9.11. The molecule has 1 saturated carbocycles. The first-order chi connectivity index (χ1) is 14.1. The Balaban J connectivity index is 1.74. The summed E-state index contributed by atoms with van der Waals surface area (Å²) >= 11 is 5.71. The van der Waals surface area contributed by atoms with Crippen LogP contribution in [0.4, 0.5) is 0 Å². The van der Waals surface area contributed by atoms with Gasteiger partial charge in [-0.1, -0.05) is 25.3 Å². The van der Waals surface area contributed by atoms with Gasteiger partial charge in [-0.2, -0.15) is 0 Å². The summed E-state index contributed by atoms with van der Waals surface area (Å²) in [5.74, 6) is 0. The Morgan fingerprint density at radius 2 is 2.00 bits per heavy atom. The third-order valence-corrected chi connectivity index (χ3v) is 6.89. The van der Waals surface area contributed by atoms with E-state index in [2.05, 4.69) is 45.7 Å². The topological polar surface area (TPSA) is 53.3 Å². The van der Waals surface area contributed by atoms with Crippen LogP contribution in [0.1, 0.15) is 79.3 Å². The molecule has 2 N–H and O–H groups in total. The summed E-state index contributed by atoms with van der Waals surface area (Å²) in [7, 11) is 0. The molecule has 0 amide bonds. The van der Waals surface area contributed by atoms with E-state index in [0.717, 1.165) is 17.4 Å². The van der Waals surface area contributed by atoms with E-state index < -0.39 is 0 Å². The lowest BCUT2D eigenvalue weighted by atomic mass is 9.94. The number of aliphatic hydroxyl groups is 1. The standard InChI is InChI=1S/C23H32N4OS/c1-16-15-19(17(2)27(16)18-9-4-3-5-10-18)22-21(20-11-6-7-12-24-20)25-23(29)26(22)13-8-14-28/h6-7,11-12,15,18,21-22,28H,3-5,8-10,13-14H2,1-2H3,(H,25,29)/t21-,22+/m0/s1. The van der Waals surface area contributed by atoms with Crippen molar-refractivity contribution in [1.29, 1.82) is 0 Å². The molecule has 156 valence electrons. The van der Waals surface area contributed by atoms with Crippen LogP contribution in [-0.2, 0) is 0 Å². The van der Waals surface area contributed by atoms with Crippen molar-refractivity contribution in [2.24, 2.45) is 0 Å². The predicted octanol–water partition coefficient (Wildman–Crippen LogP) is 4.36. The first-order valence-corrected chi connectivity index (χ1v) is 11.3. The maximum Gasteiger partial charge on any atom is 0.170 e. The van der Waals surface area contributed by atoms with Gasteiger partial charge in [0.05, 0.1) is 17.8 Å². The maximum atomic E-state index is 9.42. The summed E-state index contributed by atoms with van der Waals surface area (Å²) < 4.78 is 2.57. The number of hydrogen-bond donors (Lipinski definition) is 2. The van der Waals surface area contributed by atoms with Crippen molar-refractivity contribution in [3.63, 3.8) is 0 Å². The fourth-order valence-corrected chi connectivity index (χ4v) is 5.56. The molecule has 2 fully saturated rings. The summed E-state index contributed by atoms with van der Waals surface area (Å²) in [6, 6.07) is 9.12. The van der Waals surface area contributed by atoms with Gasteiger partial charge in [-0.05, 0) is 69.1 Å². The van der Waals surface area contributed by atoms with Crippen molar-refractivity contribution in [3.05, 3.63) is 53.1 Å². The van der Waals surface area contributed by atoms with Gasteiger partial charge in [-0.3, -0.25) is 4.98 Å². The summed E-state index contributed by atoms with van der Waals surface area (Å²) in [5, 5.41) is 13.7. The number of hydrogen-bond acceptors (Lipinski definition) is 3. The molecule has 2 aromatic rings. The van der Waals surface area contributed by atoms with Crippen molar-refractivity contribution in [3.8, 4) is 0 Å². The SMILES string of the molecule is Cc1cc([C@@H]2[C@H](c3ccccn3)NC(=S)N2CCCO)c(C)n1C1CCCCC1. The highest BCUT2D eigenvalue weighted by molar-refractivity contribution is 7.80. The van der Waals surface area contributed by atoms with Gasteiger partial charge in [0, 0.05) is 36.8 Å². The van der Waals surface area contributed by atoms with Crippen molar-refractivity contribution in [2.45, 2.75) is 70.5 Å². The maximum absolute atomic E-state index is 9.42. The average Bonchev–Trinajstić information content (AvgIpc) is 3.23. The minimum Gasteiger partial charge on any atom is -0.396 e. The third kappa shape index (κ3) is 3.92. The number of nitrogens with one attached hydrogen (secondary N) is 1. The minimum absolute atomic E-state index is 0.0164. The number of thiocarbonyl (C=S) groups is 1. The van der Waals surface area contributed by atoms with Crippen molar-refractivity contribution < 1.29 is 5.11 Å². The van der Waals surface area contributed by atoms with E-state index in [4.69, 9.17) is 12.2 Å². The molecule has 4 rings (SSSR count). The van der Waals surface area contributed by atoms with Crippen LogP contribution in [0.5, 0.6) is 0 Å². The summed E-state index contributed by atoms with van der Waals surface area (Å²) in [4.78, 5) is 6.88. The largest absolute Gasteiger partial charge is 0.396 e. The zero-order chi connectivity index (χ0) is 20.4. The molecule has 2 atom stereocenters. The lowest BCUT2D eigenvalue weighted by Gasteiger charge is -2.29. The van der Waals surface area contributed by atoms with Gasteiger partial charge < -0.3 is 19.9 Å². The van der Waals surface area contributed by atoms with Crippen molar-refractivity contribution in [2.75, 3.05) is 13.2 Å². The van der Waals surface area contributed by atoms with E-state index in [0.29, 0.717) is 12.5 Å². The molecule has 0 aromatic carbocycles. The summed E-state index contributed by atoms with van der Waals surface area (Å²) in [5.41, 5.74) is 5.02. The van der Waals surface area contributed by atoms with Crippen LogP contribution >= 0.6 is 12.2 Å². The van der Waals surface area contributed by atoms with Crippen LogP contribution < -0.4 is 5.32 Å². The van der Waals surface area contributed by atoms with Crippen LogP contribution in [0.2, 0.25) is 0 Å². The molecule has 2 aliphatic rings. The molecule has 3 heterocycles. The number of rotatable bonds is 6. The van der Waals surface area contributed by atoms with E-state index in [1.54, 1.807) is 0 Å². The van der Waals surface area contributed by atoms with E-state index >= 15 is 0 Å². The zero-order valence-corrected chi connectivity index (χ0v) is 18.3. The smallest absolute Gasteiger partial charge is 0.170 e. The Labute approximate surface area is 179 Å². The highest BCUT2D eigenvalue weighted by atomic mass is 32.1. The molecule has 1 saturated heterocycles. The van der Waals surface area contributed by atoms with E-state index in [1.807, 2.05) is 18.3 Å². The second kappa shape index (κ2) is 8.84. The molecule has 2 aromatic heterocycles. The van der Waals surface area contributed by atoms with Gasteiger partial charge in [-0.15, -0.1) is 0 Å². The average molecular weight is 413 g/mol. The van der Waals surface area contributed by atoms with Gasteiger partial charge >= 0.3 is 0 Å². The number of aliphatic hydroxyl groups excluding tert-OH is 1. The Morgan fingerprint density at radius 1 is 1.21 bits per heavy atom. The first kappa shape index (κ1) is 20.4. The third-order valence-electron chi connectivity index (χ3n) is 6.54. The van der Waals surface area contributed by atoms with Crippen LogP contribution in [0.15, 0.2) is 30.5 Å². The minimum atomic E-state index is 0.0164. The first-order valence-electron chi connectivity index (χ1n) is 10.9. The normalized spacial score (nSPS) is 22.9.